The van der Waals surface area contributed by atoms with Gasteiger partial charge in [0.2, 0.25) is 0 Å². The molecule has 1 aromatic rings. The van der Waals surface area contributed by atoms with Crippen molar-refractivity contribution < 1.29 is 0 Å². The third-order valence-electron chi connectivity index (χ3n) is 5.37. The van der Waals surface area contributed by atoms with Gasteiger partial charge in [-0.2, -0.15) is 0 Å². The molecule has 3 fully saturated rings. The molecule has 0 bridgehead atoms. The average molecular weight is 274 g/mol. The van der Waals surface area contributed by atoms with E-state index in [4.69, 9.17) is 0 Å². The van der Waals surface area contributed by atoms with E-state index >= 15 is 0 Å². The zero-order valence-electron chi connectivity index (χ0n) is 12.4. The van der Waals surface area contributed by atoms with Gasteiger partial charge < -0.3 is 9.88 Å². The number of nitrogens with zero attached hydrogens (tertiary/aromatic N) is 3. The van der Waals surface area contributed by atoms with Crippen molar-refractivity contribution in [1.29, 1.82) is 0 Å². The van der Waals surface area contributed by atoms with E-state index < -0.39 is 0 Å². The molecule has 4 heteroatoms. The lowest BCUT2D eigenvalue weighted by Gasteiger charge is -2.45. The fourth-order valence-corrected chi connectivity index (χ4v) is 4.19. The first-order valence-corrected chi connectivity index (χ1v) is 8.29. The molecule has 20 heavy (non-hydrogen) atoms. The highest BCUT2D eigenvalue weighted by atomic mass is 15.2. The van der Waals surface area contributed by atoms with Gasteiger partial charge in [-0.15, -0.1) is 0 Å². The molecule has 1 aliphatic carbocycles. The van der Waals surface area contributed by atoms with Gasteiger partial charge in [-0.25, -0.2) is 4.98 Å². The molecule has 1 N–H and O–H groups in total. The Labute approximate surface area is 121 Å². The summed E-state index contributed by atoms with van der Waals surface area (Å²) in [4.78, 5) is 7.05. The molecule has 3 heterocycles. The van der Waals surface area contributed by atoms with Crippen LogP contribution >= 0.6 is 0 Å². The average Bonchev–Trinajstić information content (AvgIpc) is 3.21. The highest BCUT2D eigenvalue weighted by Gasteiger charge is 2.36. The van der Waals surface area contributed by atoms with Crippen LogP contribution in [-0.4, -0.2) is 40.6 Å². The van der Waals surface area contributed by atoms with E-state index in [2.05, 4.69) is 26.0 Å². The van der Waals surface area contributed by atoms with Crippen LogP contribution in [0.5, 0.6) is 0 Å². The van der Waals surface area contributed by atoms with Crippen LogP contribution in [0.3, 0.4) is 0 Å². The van der Waals surface area contributed by atoms with Gasteiger partial charge in [0.05, 0.1) is 12.0 Å². The van der Waals surface area contributed by atoms with Gasteiger partial charge >= 0.3 is 0 Å². The van der Waals surface area contributed by atoms with Crippen LogP contribution in [0.1, 0.15) is 50.3 Å². The lowest BCUT2D eigenvalue weighted by molar-refractivity contribution is 0.0587. The summed E-state index contributed by atoms with van der Waals surface area (Å²) in [5, 5.41) is 3.62. The summed E-state index contributed by atoms with van der Waals surface area (Å²) in [6.07, 6.45) is 12.4. The zero-order chi connectivity index (χ0) is 13.4. The van der Waals surface area contributed by atoms with Gasteiger partial charge in [-0.3, -0.25) is 4.90 Å². The van der Waals surface area contributed by atoms with Crippen LogP contribution in [0.15, 0.2) is 12.5 Å². The fourth-order valence-electron chi connectivity index (χ4n) is 4.19. The smallest absolute Gasteiger partial charge is 0.0951 e. The summed E-state index contributed by atoms with van der Waals surface area (Å²) in [6, 6.07) is 0.752. The highest BCUT2D eigenvalue weighted by molar-refractivity contribution is 5.04. The number of hydrogen-bond donors (Lipinski definition) is 1. The summed E-state index contributed by atoms with van der Waals surface area (Å²) in [6.45, 7) is 6.08. The molecule has 2 saturated heterocycles. The molecule has 3 aliphatic rings. The lowest BCUT2D eigenvalue weighted by atomic mass is 9.74. The van der Waals surface area contributed by atoms with E-state index in [-0.39, 0.29) is 0 Å². The van der Waals surface area contributed by atoms with Gasteiger partial charge in [0.1, 0.15) is 0 Å². The first-order valence-electron chi connectivity index (χ1n) is 8.29. The summed E-state index contributed by atoms with van der Waals surface area (Å²) >= 11 is 0. The van der Waals surface area contributed by atoms with E-state index in [9.17, 15) is 0 Å². The summed E-state index contributed by atoms with van der Waals surface area (Å²) in [7, 11) is 0. The van der Waals surface area contributed by atoms with Crippen LogP contribution in [0.25, 0.3) is 0 Å². The Morgan fingerprint density at radius 1 is 1.30 bits per heavy atom. The summed E-state index contributed by atoms with van der Waals surface area (Å²) in [5.41, 5.74) is 1.98. The van der Waals surface area contributed by atoms with E-state index in [1.807, 2.05) is 6.33 Å². The van der Waals surface area contributed by atoms with E-state index in [0.29, 0.717) is 5.41 Å². The first kappa shape index (κ1) is 12.8. The Morgan fingerprint density at radius 2 is 2.20 bits per heavy atom. The van der Waals surface area contributed by atoms with Crippen molar-refractivity contribution in [3.63, 3.8) is 0 Å². The SMILES string of the molecule is c1ncn(C2CC2)c1CN1CCCC2(CCCNC2)C1. The van der Waals surface area contributed by atoms with Gasteiger partial charge in [-0.05, 0) is 57.0 Å². The van der Waals surface area contributed by atoms with Crippen molar-refractivity contribution >= 4 is 0 Å². The van der Waals surface area contributed by atoms with Crippen LogP contribution < -0.4 is 5.32 Å². The first-order chi connectivity index (χ1) is 9.85. The minimum atomic E-state index is 0.556. The van der Waals surface area contributed by atoms with Gasteiger partial charge in [0.15, 0.2) is 0 Å². The highest BCUT2D eigenvalue weighted by Crippen LogP contribution is 2.38. The maximum absolute atomic E-state index is 4.38. The minimum absolute atomic E-state index is 0.556. The summed E-state index contributed by atoms with van der Waals surface area (Å²) < 4.78 is 2.42. The fraction of sp³-hybridized carbons (Fsp3) is 0.812. The Hall–Kier alpha value is -0.870. The molecule has 0 aromatic carbocycles. The zero-order valence-corrected chi connectivity index (χ0v) is 12.4. The molecular weight excluding hydrogens is 248 g/mol. The van der Waals surface area contributed by atoms with Crippen molar-refractivity contribution in [2.24, 2.45) is 5.41 Å². The Morgan fingerprint density at radius 3 is 3.00 bits per heavy atom. The Balaban J connectivity index is 1.44. The van der Waals surface area contributed by atoms with E-state index in [0.717, 1.165) is 12.6 Å². The number of likely N-dealkylation sites (tertiary alicyclic amines) is 1. The predicted molar refractivity (Wildman–Crippen MR) is 79.5 cm³/mol. The van der Waals surface area contributed by atoms with Crippen molar-refractivity contribution in [2.45, 2.75) is 51.1 Å². The molecule has 4 nitrogen and oxygen atoms in total. The van der Waals surface area contributed by atoms with Gasteiger partial charge in [0.25, 0.3) is 0 Å². The number of imidazole rings is 1. The van der Waals surface area contributed by atoms with Crippen LogP contribution in [0, 0.1) is 5.41 Å². The standard InChI is InChI=1S/C16H26N4/c1-5-16(11-17-7-1)6-2-8-19(12-16)10-15-9-18-13-20(15)14-3-4-14/h9,13-14,17H,1-8,10-12H2. The third kappa shape index (κ3) is 2.51. The van der Waals surface area contributed by atoms with E-state index in [1.165, 1.54) is 70.4 Å². The molecule has 1 saturated carbocycles. The largest absolute Gasteiger partial charge is 0.330 e. The monoisotopic (exact) mass is 274 g/mol. The van der Waals surface area contributed by atoms with Gasteiger partial charge in [0, 0.05) is 31.9 Å². The second kappa shape index (κ2) is 5.15. The van der Waals surface area contributed by atoms with Crippen molar-refractivity contribution in [1.82, 2.24) is 19.8 Å². The molecule has 0 radical (unpaired) electrons. The predicted octanol–water partition coefficient (Wildman–Crippen LogP) is 2.18. The maximum Gasteiger partial charge on any atom is 0.0951 e. The van der Waals surface area contributed by atoms with Crippen molar-refractivity contribution in [3.8, 4) is 0 Å². The number of aromatic nitrogens is 2. The third-order valence-corrected chi connectivity index (χ3v) is 5.37. The van der Waals surface area contributed by atoms with Crippen molar-refractivity contribution in [3.05, 3.63) is 18.2 Å². The molecule has 2 aliphatic heterocycles. The number of piperidine rings is 2. The minimum Gasteiger partial charge on any atom is -0.330 e. The summed E-state index contributed by atoms with van der Waals surface area (Å²) in [5.74, 6) is 0. The van der Waals surface area contributed by atoms with Crippen LogP contribution in [-0.2, 0) is 6.54 Å². The Bertz CT molecular complexity index is 451. The second-order valence-corrected chi connectivity index (χ2v) is 7.12. The second-order valence-electron chi connectivity index (χ2n) is 7.12. The van der Waals surface area contributed by atoms with Crippen LogP contribution in [0.2, 0.25) is 0 Å². The molecule has 4 rings (SSSR count). The van der Waals surface area contributed by atoms with Gasteiger partial charge in [-0.1, -0.05) is 0 Å². The van der Waals surface area contributed by atoms with Crippen molar-refractivity contribution in [2.75, 3.05) is 26.2 Å². The molecule has 1 aromatic heterocycles. The number of nitrogens with one attached hydrogen (secondary N) is 1. The lowest BCUT2D eigenvalue weighted by Crippen LogP contribution is -2.50. The molecule has 1 spiro atoms. The molecule has 1 unspecified atom stereocenters. The quantitative estimate of drug-likeness (QED) is 0.917. The molecule has 110 valence electrons. The number of rotatable bonds is 3. The Kier molecular flexibility index (Phi) is 3.31. The topological polar surface area (TPSA) is 33.1 Å². The van der Waals surface area contributed by atoms with E-state index in [1.54, 1.807) is 0 Å². The number of hydrogen-bond acceptors (Lipinski definition) is 3. The molecular formula is C16H26N4. The maximum atomic E-state index is 4.38. The normalized spacial score (nSPS) is 31.8. The molecule has 1 atom stereocenters. The molecule has 0 amide bonds. The van der Waals surface area contributed by atoms with Crippen LogP contribution in [0.4, 0.5) is 0 Å².